The molecule has 2 aliphatic rings. The highest BCUT2D eigenvalue weighted by Gasteiger charge is 2.38. The number of nitrogens with one attached hydrogen (secondary N) is 1. The van der Waals surface area contributed by atoms with Gasteiger partial charge < -0.3 is 14.2 Å². The van der Waals surface area contributed by atoms with Crippen molar-refractivity contribution in [2.75, 3.05) is 37.6 Å². The fraction of sp³-hybridized carbons (Fsp3) is 0.208. The quantitative estimate of drug-likeness (QED) is 0.269. The third-order valence-corrected chi connectivity index (χ3v) is 6.30. The van der Waals surface area contributed by atoms with Gasteiger partial charge >= 0.3 is 5.97 Å². The summed E-state index contributed by atoms with van der Waals surface area (Å²) < 4.78 is 0.785. The van der Waals surface area contributed by atoms with Gasteiger partial charge in [0.1, 0.15) is 6.54 Å². The van der Waals surface area contributed by atoms with Crippen LogP contribution in [0.15, 0.2) is 48.5 Å². The molecule has 0 aliphatic carbocycles. The number of amides is 2. The van der Waals surface area contributed by atoms with Crippen LogP contribution in [0.1, 0.15) is 36.6 Å². The summed E-state index contributed by atoms with van der Waals surface area (Å²) in [4.78, 5) is 49.0. The van der Waals surface area contributed by atoms with Gasteiger partial charge in [-0.05, 0) is 41.8 Å². The van der Waals surface area contributed by atoms with E-state index in [-0.39, 0.29) is 17.4 Å². The van der Waals surface area contributed by atoms with Crippen LogP contribution in [0.25, 0.3) is 10.8 Å². The predicted octanol–water partition coefficient (Wildman–Crippen LogP) is 3.13. The van der Waals surface area contributed by atoms with Crippen molar-refractivity contribution in [1.82, 2.24) is 4.89 Å². The van der Waals surface area contributed by atoms with Crippen LogP contribution in [0.5, 0.6) is 0 Å². The first-order valence-corrected chi connectivity index (χ1v) is 10.9. The van der Waals surface area contributed by atoms with Gasteiger partial charge in [-0.3, -0.25) is 9.59 Å². The van der Waals surface area contributed by atoms with Crippen molar-refractivity contribution in [3.8, 4) is 0 Å². The molecule has 2 heterocycles. The maximum atomic E-state index is 13.6. The Balaban J connectivity index is 1.64. The summed E-state index contributed by atoms with van der Waals surface area (Å²) in [5, 5.41) is 1.65. The zero-order valence-electron chi connectivity index (χ0n) is 18.5. The van der Waals surface area contributed by atoms with E-state index in [9.17, 15) is 14.4 Å². The number of imide groups is 1. The number of carbonyl (C=O) groups excluding carboxylic acids is 3. The van der Waals surface area contributed by atoms with Crippen LogP contribution < -0.4 is 14.7 Å². The molecule has 2 aliphatic heterocycles. The molecule has 0 saturated carbocycles. The summed E-state index contributed by atoms with van der Waals surface area (Å²) in [6.07, 6.45) is 0. The number of quaternary nitrogens is 1. The monoisotopic (exact) mass is 463 g/mol. The van der Waals surface area contributed by atoms with E-state index in [4.69, 9.17) is 0 Å². The molecule has 0 aromatic heterocycles. The summed E-state index contributed by atoms with van der Waals surface area (Å²) in [5.41, 5.74) is 3.78. The molecule has 1 N–H and O–H groups in total. The number of benzene rings is 3. The molecule has 5 rings (SSSR count). The molecule has 0 spiro atoms. The van der Waals surface area contributed by atoms with E-state index in [1.807, 2.05) is 30.1 Å². The van der Waals surface area contributed by atoms with Crippen LogP contribution in [0, 0.1) is 0 Å². The largest absolute Gasteiger partial charge is 0.357 e. The highest BCUT2D eigenvalue weighted by atomic mass is 32.1. The zero-order valence-corrected chi connectivity index (χ0v) is 19.3. The number of nitrogens with zero attached hydrogens (tertiary/aromatic N) is 3. The number of fused-ring (bicyclic) bond motifs is 2. The van der Waals surface area contributed by atoms with Gasteiger partial charge in [0.25, 0.3) is 11.8 Å². The van der Waals surface area contributed by atoms with Gasteiger partial charge in [-0.25, -0.2) is 9.69 Å². The Kier molecular flexibility index (Phi) is 4.93. The second kappa shape index (κ2) is 7.58. The van der Waals surface area contributed by atoms with E-state index in [2.05, 4.69) is 36.6 Å². The lowest BCUT2D eigenvalue weighted by Gasteiger charge is -2.41. The maximum Gasteiger partial charge on any atom is 0.357 e. The van der Waals surface area contributed by atoms with Crippen molar-refractivity contribution >= 4 is 52.7 Å². The Hall–Kier alpha value is -3.40. The molecule has 9 heteroatoms. The summed E-state index contributed by atoms with van der Waals surface area (Å²) >= 11 is 3.64. The molecular formula is C24H23N4O4S+. The van der Waals surface area contributed by atoms with E-state index < -0.39 is 5.97 Å². The smallest absolute Gasteiger partial charge is 0.356 e. The topological polar surface area (TPSA) is 79.0 Å². The van der Waals surface area contributed by atoms with Crippen molar-refractivity contribution in [3.05, 3.63) is 70.8 Å². The molecule has 33 heavy (non-hydrogen) atoms. The fourth-order valence-electron chi connectivity index (χ4n) is 4.92. The van der Waals surface area contributed by atoms with E-state index in [0.717, 1.165) is 39.2 Å². The van der Waals surface area contributed by atoms with Gasteiger partial charge in [0.05, 0.1) is 36.6 Å². The summed E-state index contributed by atoms with van der Waals surface area (Å²) in [6.45, 7) is 1.62. The molecule has 0 fully saturated rings. The van der Waals surface area contributed by atoms with E-state index in [1.54, 1.807) is 18.2 Å². The first-order chi connectivity index (χ1) is 15.7. The van der Waals surface area contributed by atoms with Gasteiger partial charge in [0, 0.05) is 23.6 Å². The van der Waals surface area contributed by atoms with Crippen LogP contribution in [0.3, 0.4) is 0 Å². The van der Waals surface area contributed by atoms with Crippen molar-refractivity contribution in [2.24, 2.45) is 0 Å². The SMILES string of the molecule is CN1C[N+](C)(C)Cc2c1cc1c3c(cccc23)C(=O)N(c2ccc(C(=O)ONS)cc2)C1=O. The standard InChI is InChI=1S/C24H23N4O4S/c1-26-13-28(2,3)12-19-16-5-4-6-17-21(16)18(11-20(19)26)23(30)27(22(17)29)15-9-7-14(8-10-15)24(31)32-25-33/h4-11,25,33H,12-13H2,1-3H3/q+1. The molecule has 3 aromatic rings. The number of hydrogen-bond donors (Lipinski definition) is 2. The average Bonchev–Trinajstić information content (AvgIpc) is 2.77. The van der Waals surface area contributed by atoms with Gasteiger partial charge in [-0.2, -0.15) is 0 Å². The molecule has 0 unspecified atom stereocenters. The summed E-state index contributed by atoms with van der Waals surface area (Å²) in [5.74, 6) is -1.39. The van der Waals surface area contributed by atoms with Gasteiger partial charge in [-0.15, -0.1) is 0 Å². The number of carbonyl (C=O) groups is 3. The molecule has 8 nitrogen and oxygen atoms in total. The number of hydrogen-bond acceptors (Lipinski definition) is 7. The third-order valence-electron chi connectivity index (χ3n) is 6.21. The lowest BCUT2D eigenvalue weighted by atomic mass is 9.88. The van der Waals surface area contributed by atoms with Crippen LogP contribution in [-0.2, 0) is 11.4 Å². The van der Waals surface area contributed by atoms with Crippen LogP contribution >= 0.6 is 12.8 Å². The minimum absolute atomic E-state index is 0.260. The Morgan fingerprint density at radius 2 is 1.76 bits per heavy atom. The summed E-state index contributed by atoms with van der Waals surface area (Å²) in [6, 6.07) is 13.6. The maximum absolute atomic E-state index is 13.6. The molecular weight excluding hydrogens is 440 g/mol. The first-order valence-electron chi connectivity index (χ1n) is 10.4. The minimum Gasteiger partial charge on any atom is -0.356 e. The van der Waals surface area contributed by atoms with Crippen molar-refractivity contribution in [2.45, 2.75) is 6.54 Å². The van der Waals surface area contributed by atoms with Crippen molar-refractivity contribution in [3.63, 3.8) is 0 Å². The molecule has 168 valence electrons. The zero-order chi connectivity index (χ0) is 23.5. The van der Waals surface area contributed by atoms with E-state index in [0.29, 0.717) is 22.2 Å². The first kappa shape index (κ1) is 21.4. The average molecular weight is 464 g/mol. The fourth-order valence-corrected chi connectivity index (χ4v) is 5.01. The Morgan fingerprint density at radius 1 is 1.06 bits per heavy atom. The van der Waals surface area contributed by atoms with Crippen LogP contribution in [0.2, 0.25) is 0 Å². The molecule has 0 saturated heterocycles. The van der Waals surface area contributed by atoms with Gasteiger partial charge in [0.15, 0.2) is 6.67 Å². The van der Waals surface area contributed by atoms with Gasteiger partial charge in [-0.1, -0.05) is 29.8 Å². The third kappa shape index (κ3) is 3.36. The lowest BCUT2D eigenvalue weighted by Crippen LogP contribution is -2.50. The summed E-state index contributed by atoms with van der Waals surface area (Å²) in [7, 11) is 6.35. The second-order valence-electron chi connectivity index (χ2n) is 9.06. The second-order valence-corrected chi connectivity index (χ2v) is 9.24. The van der Waals surface area contributed by atoms with E-state index in [1.165, 1.54) is 12.1 Å². The molecule has 0 atom stereocenters. The normalized spacial score (nSPS) is 16.7. The number of rotatable bonds is 3. The van der Waals surface area contributed by atoms with Crippen molar-refractivity contribution < 1.29 is 23.7 Å². The lowest BCUT2D eigenvalue weighted by molar-refractivity contribution is -0.904. The highest BCUT2D eigenvalue weighted by Crippen LogP contribution is 2.41. The molecule has 0 bridgehead atoms. The Morgan fingerprint density at radius 3 is 2.45 bits per heavy atom. The van der Waals surface area contributed by atoms with E-state index >= 15 is 0 Å². The van der Waals surface area contributed by atoms with Gasteiger partial charge in [0.2, 0.25) is 0 Å². The number of thiol groups is 1. The highest BCUT2D eigenvalue weighted by molar-refractivity contribution is 7.77. The predicted molar refractivity (Wildman–Crippen MR) is 128 cm³/mol. The Bertz CT molecular complexity index is 1340. The van der Waals surface area contributed by atoms with Crippen molar-refractivity contribution in [1.29, 1.82) is 0 Å². The minimum atomic E-state index is -0.626. The molecule has 3 aromatic carbocycles. The molecule has 0 radical (unpaired) electrons. The molecule has 2 amide bonds. The van der Waals surface area contributed by atoms with Crippen LogP contribution in [0.4, 0.5) is 11.4 Å². The van der Waals surface area contributed by atoms with Crippen LogP contribution in [-0.4, -0.2) is 50.1 Å². The number of anilines is 2. The Labute approximate surface area is 196 Å².